The molecule has 0 bridgehead atoms. The fourth-order valence-corrected chi connectivity index (χ4v) is 1.13. The molecule has 15 heavy (non-hydrogen) atoms. The maximum Gasteiger partial charge on any atom is 0.387 e. The molecule has 0 saturated carbocycles. The number of hydrogen-bond donors (Lipinski definition) is 0. The van der Waals surface area contributed by atoms with E-state index in [9.17, 15) is 8.78 Å². The van der Waals surface area contributed by atoms with Gasteiger partial charge in [-0.2, -0.15) is 14.0 Å². The summed E-state index contributed by atoms with van der Waals surface area (Å²) in [5.74, 6) is 0.00647. The van der Waals surface area contributed by atoms with Crippen molar-refractivity contribution < 1.29 is 13.5 Å². The highest BCUT2D eigenvalue weighted by Crippen LogP contribution is 2.23. The lowest BCUT2D eigenvalue weighted by molar-refractivity contribution is -0.0498. The van der Waals surface area contributed by atoms with Crippen molar-refractivity contribution in [1.82, 2.24) is 0 Å². The van der Waals surface area contributed by atoms with Crippen molar-refractivity contribution in [1.29, 1.82) is 5.26 Å². The summed E-state index contributed by atoms with van der Waals surface area (Å²) < 4.78 is 27.9. The first-order chi connectivity index (χ1) is 7.13. The normalized spacial score (nSPS) is 11.3. The molecule has 0 aliphatic carbocycles. The Bertz CT molecular complexity index is 412. The highest BCUT2D eigenvalue weighted by atomic mass is 35.5. The first kappa shape index (κ1) is 11.5. The third-order valence-corrected chi connectivity index (χ3v) is 1.85. The Hall–Kier alpha value is -1.60. The van der Waals surface area contributed by atoms with Gasteiger partial charge in [0.25, 0.3) is 0 Å². The Morgan fingerprint density at radius 1 is 1.53 bits per heavy atom. The van der Waals surface area contributed by atoms with E-state index in [0.717, 1.165) is 6.08 Å². The highest BCUT2D eigenvalue weighted by molar-refractivity contribution is 6.49. The van der Waals surface area contributed by atoms with E-state index in [4.69, 9.17) is 16.9 Å². The van der Waals surface area contributed by atoms with Gasteiger partial charge < -0.3 is 4.74 Å². The van der Waals surface area contributed by atoms with Crippen molar-refractivity contribution in [2.75, 3.05) is 0 Å². The number of halogens is 3. The van der Waals surface area contributed by atoms with Crippen molar-refractivity contribution in [2.45, 2.75) is 6.61 Å². The molecular weight excluding hydrogens is 224 g/mol. The predicted octanol–water partition coefficient (Wildman–Crippen LogP) is 3.39. The van der Waals surface area contributed by atoms with Crippen molar-refractivity contribution in [3.63, 3.8) is 0 Å². The predicted molar refractivity (Wildman–Crippen MR) is 52.5 cm³/mol. The summed E-state index contributed by atoms with van der Waals surface area (Å²) >= 11 is 5.71. The minimum absolute atomic E-state index is 0.00647. The van der Waals surface area contributed by atoms with Crippen LogP contribution in [-0.2, 0) is 0 Å². The molecular formula is C10H6ClF2NO. The average Bonchev–Trinajstić information content (AvgIpc) is 2.17. The molecule has 0 saturated heterocycles. The van der Waals surface area contributed by atoms with Gasteiger partial charge in [-0.05, 0) is 17.7 Å². The summed E-state index contributed by atoms with van der Waals surface area (Å²) in [6, 6.07) is 7.57. The van der Waals surface area contributed by atoms with Crippen LogP contribution >= 0.6 is 11.6 Å². The van der Waals surface area contributed by atoms with Crippen LogP contribution in [0.2, 0.25) is 0 Å². The molecule has 0 aliphatic heterocycles. The molecule has 0 N–H and O–H groups in total. The summed E-state index contributed by atoms with van der Waals surface area (Å²) in [5, 5.41) is 8.53. The second-order valence-electron chi connectivity index (χ2n) is 2.53. The molecule has 78 valence electrons. The second kappa shape index (κ2) is 5.32. The topological polar surface area (TPSA) is 33.0 Å². The maximum atomic E-state index is 11.9. The zero-order valence-corrected chi connectivity index (χ0v) is 8.21. The largest absolute Gasteiger partial charge is 0.435 e. The Labute approximate surface area is 90.3 Å². The Morgan fingerprint density at radius 2 is 2.27 bits per heavy atom. The second-order valence-corrected chi connectivity index (χ2v) is 2.93. The highest BCUT2D eigenvalue weighted by Gasteiger charge is 2.05. The first-order valence-corrected chi connectivity index (χ1v) is 4.32. The van der Waals surface area contributed by atoms with Crippen molar-refractivity contribution in [3.8, 4) is 11.8 Å². The molecule has 0 fully saturated rings. The molecule has 1 aromatic carbocycles. The van der Waals surface area contributed by atoms with E-state index >= 15 is 0 Å². The van der Waals surface area contributed by atoms with Crippen LogP contribution in [0.3, 0.4) is 0 Å². The zero-order valence-electron chi connectivity index (χ0n) is 7.45. The molecule has 0 atom stereocenters. The van der Waals surface area contributed by atoms with Crippen LogP contribution in [0.15, 0.2) is 30.3 Å². The fraction of sp³-hybridized carbons (Fsp3) is 0.100. The summed E-state index contributed by atoms with van der Waals surface area (Å²) in [6.07, 6.45) is 1.11. The third-order valence-electron chi connectivity index (χ3n) is 1.53. The quantitative estimate of drug-likeness (QED) is 0.745. The van der Waals surface area contributed by atoms with Gasteiger partial charge in [-0.3, -0.25) is 0 Å². The monoisotopic (exact) mass is 229 g/mol. The van der Waals surface area contributed by atoms with Gasteiger partial charge in [0.2, 0.25) is 0 Å². The molecule has 0 radical (unpaired) electrons. The Kier molecular flexibility index (Phi) is 4.07. The Balaban J connectivity index is 2.93. The zero-order chi connectivity index (χ0) is 11.3. The first-order valence-electron chi connectivity index (χ1n) is 3.94. The SMILES string of the molecule is N#C/C=C(/Cl)c1cccc(OC(F)F)c1. The molecule has 0 aliphatic rings. The average molecular weight is 230 g/mol. The van der Waals surface area contributed by atoms with E-state index < -0.39 is 6.61 Å². The van der Waals surface area contributed by atoms with Crippen LogP contribution < -0.4 is 4.74 Å². The van der Waals surface area contributed by atoms with Crippen molar-refractivity contribution in [2.24, 2.45) is 0 Å². The van der Waals surface area contributed by atoms with E-state index in [0.29, 0.717) is 5.56 Å². The lowest BCUT2D eigenvalue weighted by atomic mass is 10.2. The number of nitrogens with zero attached hydrogens (tertiary/aromatic N) is 1. The van der Waals surface area contributed by atoms with Gasteiger partial charge in [0.05, 0.1) is 11.1 Å². The molecule has 5 heteroatoms. The Morgan fingerprint density at radius 3 is 2.87 bits per heavy atom. The van der Waals surface area contributed by atoms with Gasteiger partial charge in [0, 0.05) is 6.08 Å². The molecule has 0 aromatic heterocycles. The molecule has 2 nitrogen and oxygen atoms in total. The van der Waals surface area contributed by atoms with E-state index in [2.05, 4.69) is 4.74 Å². The number of ether oxygens (including phenoxy) is 1. The van der Waals surface area contributed by atoms with Crippen LogP contribution in [0.1, 0.15) is 5.56 Å². The van der Waals surface area contributed by atoms with Crippen molar-refractivity contribution >= 4 is 16.6 Å². The molecule has 0 spiro atoms. The number of nitriles is 1. The third kappa shape index (κ3) is 3.56. The van der Waals surface area contributed by atoms with Gasteiger partial charge in [0.1, 0.15) is 5.75 Å². The van der Waals surface area contributed by atoms with Crippen molar-refractivity contribution in [3.05, 3.63) is 35.9 Å². The van der Waals surface area contributed by atoms with Gasteiger partial charge in [0.15, 0.2) is 0 Å². The molecule has 1 aromatic rings. The standard InChI is InChI=1S/C10H6ClF2NO/c11-9(4-5-14)7-2-1-3-8(6-7)15-10(12)13/h1-4,6,10H/b9-4+. The van der Waals surface area contributed by atoms with Gasteiger partial charge in [-0.25, -0.2) is 0 Å². The van der Waals surface area contributed by atoms with Gasteiger partial charge in [-0.15, -0.1) is 0 Å². The van der Waals surface area contributed by atoms with Crippen LogP contribution in [-0.4, -0.2) is 6.61 Å². The van der Waals surface area contributed by atoms with E-state index in [1.54, 1.807) is 12.1 Å². The smallest absolute Gasteiger partial charge is 0.387 e. The van der Waals surface area contributed by atoms with Crippen LogP contribution in [0.4, 0.5) is 8.78 Å². The van der Waals surface area contributed by atoms with Crippen LogP contribution in [0.25, 0.3) is 5.03 Å². The summed E-state index contributed by atoms with van der Waals surface area (Å²) in [4.78, 5) is 0. The van der Waals surface area contributed by atoms with E-state index in [1.165, 1.54) is 18.2 Å². The molecule has 1 rings (SSSR count). The van der Waals surface area contributed by atoms with E-state index in [1.807, 2.05) is 0 Å². The number of rotatable bonds is 3. The van der Waals surface area contributed by atoms with Crippen LogP contribution in [0, 0.1) is 11.3 Å². The lowest BCUT2D eigenvalue weighted by Gasteiger charge is -2.05. The fourth-order valence-electron chi connectivity index (χ4n) is 0.961. The number of hydrogen-bond acceptors (Lipinski definition) is 2. The lowest BCUT2D eigenvalue weighted by Crippen LogP contribution is -2.01. The minimum Gasteiger partial charge on any atom is -0.435 e. The van der Waals surface area contributed by atoms with Gasteiger partial charge in [-0.1, -0.05) is 23.7 Å². The van der Waals surface area contributed by atoms with Gasteiger partial charge >= 0.3 is 6.61 Å². The summed E-state index contributed by atoms with van der Waals surface area (Å²) in [6.45, 7) is -2.88. The molecule has 0 unspecified atom stereocenters. The minimum atomic E-state index is -2.88. The van der Waals surface area contributed by atoms with Crippen LogP contribution in [0.5, 0.6) is 5.75 Å². The number of benzene rings is 1. The maximum absolute atomic E-state index is 11.9. The van der Waals surface area contributed by atoms with E-state index in [-0.39, 0.29) is 10.8 Å². The molecule has 0 heterocycles. The number of alkyl halides is 2. The molecule has 0 amide bonds. The number of allylic oxidation sites excluding steroid dienone is 1. The summed E-state index contributed by atoms with van der Waals surface area (Å²) in [7, 11) is 0. The summed E-state index contributed by atoms with van der Waals surface area (Å²) in [5.41, 5.74) is 0.455.